The largest absolute Gasteiger partial charge is 0.319 e. The molecule has 3 aromatic rings. The van der Waals surface area contributed by atoms with Crippen molar-refractivity contribution in [2.75, 3.05) is 9.62 Å². The van der Waals surface area contributed by atoms with Gasteiger partial charge in [-0.05, 0) is 73.5 Å². The molecule has 0 saturated heterocycles. The number of halogens is 2. The lowest BCUT2D eigenvalue weighted by Gasteiger charge is -2.24. The number of hydrogen-bond acceptors (Lipinski definition) is 3. The SMILES string of the molecule is C[C@@H]1Cc2cc(C(=O)Nc3ccccc3F)ccc2N1S(=O)(=O)c1ccc(Cl)cc1. The van der Waals surface area contributed by atoms with Crippen molar-refractivity contribution in [3.05, 3.63) is 88.7 Å². The molecule has 1 atom stereocenters. The molecule has 3 aromatic carbocycles. The molecule has 0 fully saturated rings. The van der Waals surface area contributed by atoms with E-state index < -0.39 is 21.7 Å². The minimum Gasteiger partial charge on any atom is -0.319 e. The molecular formula is C22H18ClFN2O3S. The van der Waals surface area contributed by atoms with Gasteiger partial charge in [-0.25, -0.2) is 12.8 Å². The molecule has 1 amide bonds. The summed E-state index contributed by atoms with van der Waals surface area (Å²) >= 11 is 5.88. The molecule has 0 aromatic heterocycles. The van der Waals surface area contributed by atoms with Crippen molar-refractivity contribution in [2.45, 2.75) is 24.3 Å². The summed E-state index contributed by atoms with van der Waals surface area (Å²) in [6.07, 6.45) is 0.461. The lowest BCUT2D eigenvalue weighted by atomic mass is 10.1. The molecular weight excluding hydrogens is 427 g/mol. The summed E-state index contributed by atoms with van der Waals surface area (Å²) in [6.45, 7) is 1.81. The summed E-state index contributed by atoms with van der Waals surface area (Å²) in [6, 6.07) is 16.4. The zero-order chi connectivity index (χ0) is 21.5. The Hall–Kier alpha value is -2.90. The van der Waals surface area contributed by atoms with Crippen LogP contribution in [0.15, 0.2) is 71.6 Å². The van der Waals surface area contributed by atoms with E-state index in [-0.39, 0.29) is 16.6 Å². The fraction of sp³-hybridized carbons (Fsp3) is 0.136. The minimum absolute atomic E-state index is 0.0864. The van der Waals surface area contributed by atoms with E-state index in [2.05, 4.69) is 5.32 Å². The molecule has 1 aliphatic rings. The van der Waals surface area contributed by atoms with E-state index in [1.165, 1.54) is 52.8 Å². The van der Waals surface area contributed by atoms with Crippen molar-refractivity contribution in [1.82, 2.24) is 0 Å². The fourth-order valence-corrected chi connectivity index (χ4v) is 5.41. The Balaban J connectivity index is 1.64. The van der Waals surface area contributed by atoms with E-state index in [4.69, 9.17) is 11.6 Å². The van der Waals surface area contributed by atoms with E-state index in [1.807, 2.05) is 6.92 Å². The smallest absolute Gasteiger partial charge is 0.264 e. The number of rotatable bonds is 4. The topological polar surface area (TPSA) is 66.5 Å². The number of fused-ring (bicyclic) bond motifs is 1. The zero-order valence-corrected chi connectivity index (χ0v) is 17.5. The maximum absolute atomic E-state index is 13.8. The van der Waals surface area contributed by atoms with Gasteiger partial charge >= 0.3 is 0 Å². The molecule has 154 valence electrons. The summed E-state index contributed by atoms with van der Waals surface area (Å²) in [5.74, 6) is -0.990. The number of benzene rings is 3. The van der Waals surface area contributed by atoms with E-state index in [0.29, 0.717) is 22.7 Å². The highest BCUT2D eigenvalue weighted by Gasteiger charge is 2.36. The Bertz CT molecular complexity index is 1230. The van der Waals surface area contributed by atoms with Gasteiger partial charge in [-0.1, -0.05) is 23.7 Å². The van der Waals surface area contributed by atoms with Gasteiger partial charge in [0.25, 0.3) is 15.9 Å². The van der Waals surface area contributed by atoms with E-state index in [1.54, 1.807) is 18.2 Å². The summed E-state index contributed by atoms with van der Waals surface area (Å²) in [5, 5.41) is 3.00. The van der Waals surface area contributed by atoms with Crippen LogP contribution in [0.2, 0.25) is 5.02 Å². The average molecular weight is 445 g/mol. The van der Waals surface area contributed by atoms with Gasteiger partial charge in [0.15, 0.2) is 0 Å². The number of carbonyl (C=O) groups excluding carboxylic acids is 1. The third kappa shape index (κ3) is 3.66. The van der Waals surface area contributed by atoms with Gasteiger partial charge < -0.3 is 5.32 Å². The standard InChI is InChI=1S/C22H18ClFN2O3S/c1-14-12-16-13-15(22(27)25-20-5-3-2-4-19(20)24)6-11-21(16)26(14)30(28,29)18-9-7-17(23)8-10-18/h2-11,13-14H,12H2,1H3,(H,25,27)/t14-/m1/s1. The Morgan fingerprint density at radius 3 is 2.50 bits per heavy atom. The van der Waals surface area contributed by atoms with Gasteiger partial charge in [-0.3, -0.25) is 9.10 Å². The first-order chi connectivity index (χ1) is 14.3. The van der Waals surface area contributed by atoms with Gasteiger partial charge in [-0.15, -0.1) is 0 Å². The quantitative estimate of drug-likeness (QED) is 0.624. The monoisotopic (exact) mass is 444 g/mol. The Kier molecular flexibility index (Phi) is 5.26. The van der Waals surface area contributed by atoms with Gasteiger partial charge in [0.2, 0.25) is 0 Å². The van der Waals surface area contributed by atoms with Crippen molar-refractivity contribution in [1.29, 1.82) is 0 Å². The first-order valence-electron chi connectivity index (χ1n) is 9.26. The van der Waals surface area contributed by atoms with E-state index >= 15 is 0 Å². The Morgan fingerprint density at radius 2 is 1.80 bits per heavy atom. The van der Waals surface area contributed by atoms with Crippen LogP contribution < -0.4 is 9.62 Å². The average Bonchev–Trinajstić information content (AvgIpc) is 3.05. The summed E-state index contributed by atoms with van der Waals surface area (Å²) in [5.41, 5.74) is 1.68. The van der Waals surface area contributed by atoms with Crippen LogP contribution in [0.5, 0.6) is 0 Å². The number of sulfonamides is 1. The van der Waals surface area contributed by atoms with Gasteiger partial charge in [0.1, 0.15) is 5.82 Å². The molecule has 0 radical (unpaired) electrons. The van der Waals surface area contributed by atoms with Crippen LogP contribution >= 0.6 is 11.6 Å². The van der Waals surface area contributed by atoms with Crippen molar-refractivity contribution in [3.8, 4) is 0 Å². The van der Waals surface area contributed by atoms with Crippen molar-refractivity contribution < 1.29 is 17.6 Å². The Morgan fingerprint density at radius 1 is 1.10 bits per heavy atom. The number of para-hydroxylation sites is 1. The first kappa shape index (κ1) is 20.4. The third-order valence-corrected chi connectivity index (χ3v) is 7.18. The van der Waals surface area contributed by atoms with Crippen molar-refractivity contribution in [3.63, 3.8) is 0 Å². The third-order valence-electron chi connectivity index (χ3n) is 4.99. The molecule has 1 N–H and O–H groups in total. The number of anilines is 2. The van der Waals surface area contributed by atoms with Crippen LogP contribution in [0.1, 0.15) is 22.8 Å². The molecule has 0 saturated carbocycles. The van der Waals surface area contributed by atoms with E-state index in [9.17, 15) is 17.6 Å². The number of nitrogens with one attached hydrogen (secondary N) is 1. The molecule has 0 aliphatic carbocycles. The predicted molar refractivity (Wildman–Crippen MR) is 115 cm³/mol. The van der Waals surface area contributed by atoms with E-state index in [0.717, 1.165) is 5.56 Å². The lowest BCUT2D eigenvalue weighted by molar-refractivity contribution is 0.102. The Labute approximate surface area is 179 Å². The second-order valence-electron chi connectivity index (χ2n) is 7.09. The highest BCUT2D eigenvalue weighted by molar-refractivity contribution is 7.92. The van der Waals surface area contributed by atoms with Gasteiger partial charge in [0.05, 0.1) is 16.3 Å². The van der Waals surface area contributed by atoms with Crippen LogP contribution in [0.3, 0.4) is 0 Å². The molecule has 0 spiro atoms. The molecule has 0 unspecified atom stereocenters. The fourth-order valence-electron chi connectivity index (χ4n) is 3.59. The number of amides is 1. The molecule has 8 heteroatoms. The maximum atomic E-state index is 13.8. The van der Waals surface area contributed by atoms with Crippen molar-refractivity contribution >= 4 is 38.9 Å². The predicted octanol–water partition coefficient (Wildman–Crippen LogP) is 4.87. The number of nitrogens with zero attached hydrogens (tertiary/aromatic N) is 1. The maximum Gasteiger partial charge on any atom is 0.264 e. The zero-order valence-electron chi connectivity index (χ0n) is 16.0. The van der Waals surface area contributed by atoms with Crippen LogP contribution in [-0.2, 0) is 16.4 Å². The second-order valence-corrected chi connectivity index (χ2v) is 9.34. The first-order valence-corrected chi connectivity index (χ1v) is 11.1. The normalized spacial score (nSPS) is 15.7. The van der Waals surface area contributed by atoms with Gasteiger partial charge in [-0.2, -0.15) is 0 Å². The molecule has 1 aliphatic heterocycles. The van der Waals surface area contributed by atoms with Crippen LogP contribution in [0, 0.1) is 5.82 Å². The van der Waals surface area contributed by atoms with Crippen LogP contribution in [-0.4, -0.2) is 20.4 Å². The highest BCUT2D eigenvalue weighted by atomic mass is 35.5. The lowest BCUT2D eigenvalue weighted by Crippen LogP contribution is -2.35. The van der Waals surface area contributed by atoms with Gasteiger partial charge in [0, 0.05) is 16.6 Å². The second kappa shape index (κ2) is 7.74. The molecule has 1 heterocycles. The molecule has 4 rings (SSSR count). The van der Waals surface area contributed by atoms with Crippen LogP contribution in [0.25, 0.3) is 0 Å². The van der Waals surface area contributed by atoms with Crippen LogP contribution in [0.4, 0.5) is 15.8 Å². The molecule has 30 heavy (non-hydrogen) atoms. The highest BCUT2D eigenvalue weighted by Crippen LogP contribution is 2.37. The van der Waals surface area contributed by atoms with Crippen molar-refractivity contribution in [2.24, 2.45) is 0 Å². The summed E-state index contributed by atoms with van der Waals surface area (Å²) in [4.78, 5) is 12.7. The molecule has 5 nitrogen and oxygen atoms in total. The molecule has 0 bridgehead atoms. The number of hydrogen-bond donors (Lipinski definition) is 1. The minimum atomic E-state index is -3.78. The summed E-state index contributed by atoms with van der Waals surface area (Å²) < 4.78 is 41.5. The summed E-state index contributed by atoms with van der Waals surface area (Å²) in [7, 11) is -3.78. The number of carbonyl (C=O) groups is 1.